The van der Waals surface area contributed by atoms with E-state index >= 15 is 0 Å². The molecule has 0 saturated carbocycles. The standard InChI is InChI=1S/C9H9Cl3O3S/c1-16(14,15)9(11,12)8(13)6-2-4-7(10)5-3-6/h2-5,8,13H,1H3/t8-/m0/s1. The lowest BCUT2D eigenvalue weighted by Gasteiger charge is -2.24. The molecule has 16 heavy (non-hydrogen) atoms. The molecule has 1 N–H and O–H groups in total. The molecule has 0 aliphatic rings. The van der Waals surface area contributed by atoms with E-state index in [1.807, 2.05) is 0 Å². The lowest BCUT2D eigenvalue weighted by atomic mass is 10.1. The number of aliphatic hydroxyl groups excluding tert-OH is 1. The maximum Gasteiger partial charge on any atom is 0.247 e. The number of sulfone groups is 1. The van der Waals surface area contributed by atoms with Crippen LogP contribution in [0.3, 0.4) is 0 Å². The van der Waals surface area contributed by atoms with Crippen molar-refractivity contribution < 1.29 is 13.5 Å². The van der Waals surface area contributed by atoms with Gasteiger partial charge in [0.2, 0.25) is 3.67 Å². The van der Waals surface area contributed by atoms with E-state index in [1.54, 1.807) is 0 Å². The molecule has 1 rings (SSSR count). The van der Waals surface area contributed by atoms with E-state index in [9.17, 15) is 13.5 Å². The van der Waals surface area contributed by atoms with E-state index in [1.165, 1.54) is 24.3 Å². The summed E-state index contributed by atoms with van der Waals surface area (Å²) in [5.74, 6) is 0. The van der Waals surface area contributed by atoms with Crippen molar-refractivity contribution in [1.29, 1.82) is 0 Å². The molecule has 0 unspecified atom stereocenters. The molecule has 1 aromatic carbocycles. The molecule has 1 atom stereocenters. The van der Waals surface area contributed by atoms with Gasteiger partial charge in [-0.25, -0.2) is 8.42 Å². The molecule has 3 nitrogen and oxygen atoms in total. The topological polar surface area (TPSA) is 54.4 Å². The summed E-state index contributed by atoms with van der Waals surface area (Å²) in [7, 11) is -3.81. The lowest BCUT2D eigenvalue weighted by molar-refractivity contribution is 0.181. The number of hydrogen-bond acceptors (Lipinski definition) is 3. The van der Waals surface area contributed by atoms with Crippen molar-refractivity contribution in [2.24, 2.45) is 0 Å². The van der Waals surface area contributed by atoms with Gasteiger partial charge in [0.05, 0.1) is 0 Å². The van der Waals surface area contributed by atoms with Crippen molar-refractivity contribution >= 4 is 44.6 Å². The summed E-state index contributed by atoms with van der Waals surface area (Å²) in [6.07, 6.45) is -0.685. The second kappa shape index (κ2) is 4.70. The molecule has 0 radical (unpaired) electrons. The fourth-order valence-corrected chi connectivity index (χ4v) is 1.96. The fourth-order valence-electron chi connectivity index (χ4n) is 1.04. The van der Waals surface area contributed by atoms with Crippen LogP contribution in [0.5, 0.6) is 0 Å². The minimum Gasteiger partial charge on any atom is -0.384 e. The van der Waals surface area contributed by atoms with E-state index in [-0.39, 0.29) is 5.56 Å². The number of halogens is 3. The van der Waals surface area contributed by atoms with Crippen LogP contribution in [0.4, 0.5) is 0 Å². The Labute approximate surface area is 109 Å². The minimum absolute atomic E-state index is 0.278. The van der Waals surface area contributed by atoms with Crippen LogP contribution in [-0.4, -0.2) is 23.4 Å². The third-order valence-corrected chi connectivity index (χ3v) is 5.56. The van der Waals surface area contributed by atoms with Gasteiger partial charge in [0, 0.05) is 11.3 Å². The Hall–Kier alpha value is -0.000000000000000111. The predicted octanol–water partition coefficient (Wildman–Crippen LogP) is 2.55. The Balaban J connectivity index is 3.12. The summed E-state index contributed by atoms with van der Waals surface area (Å²) in [6.45, 7) is 0. The zero-order valence-electron chi connectivity index (χ0n) is 8.19. The van der Waals surface area contributed by atoms with Gasteiger partial charge in [-0.15, -0.1) is 0 Å². The average molecular weight is 304 g/mol. The van der Waals surface area contributed by atoms with Crippen molar-refractivity contribution in [3.63, 3.8) is 0 Å². The summed E-state index contributed by atoms with van der Waals surface area (Å²) in [5, 5.41) is 10.3. The molecule has 1 aromatic rings. The molecular formula is C9H9Cl3O3S. The molecular weight excluding hydrogens is 295 g/mol. The van der Waals surface area contributed by atoms with Gasteiger partial charge in [0.15, 0.2) is 9.84 Å². The third kappa shape index (κ3) is 2.81. The fraction of sp³-hybridized carbons (Fsp3) is 0.333. The summed E-state index contributed by atoms with van der Waals surface area (Å²) >= 11 is 16.9. The first-order valence-electron chi connectivity index (χ1n) is 4.17. The Morgan fingerprint density at radius 2 is 1.69 bits per heavy atom. The Morgan fingerprint density at radius 3 is 2.06 bits per heavy atom. The van der Waals surface area contributed by atoms with Crippen molar-refractivity contribution in [3.8, 4) is 0 Å². The zero-order chi connectivity index (χ0) is 12.6. The Morgan fingerprint density at radius 1 is 1.25 bits per heavy atom. The molecule has 0 fully saturated rings. The third-order valence-electron chi connectivity index (χ3n) is 2.00. The second-order valence-electron chi connectivity index (χ2n) is 3.29. The highest BCUT2D eigenvalue weighted by Crippen LogP contribution is 2.40. The van der Waals surface area contributed by atoms with Crippen molar-refractivity contribution in [1.82, 2.24) is 0 Å². The average Bonchev–Trinajstić information content (AvgIpc) is 2.16. The first-order valence-corrected chi connectivity index (χ1v) is 7.19. The van der Waals surface area contributed by atoms with Crippen LogP contribution in [0.15, 0.2) is 24.3 Å². The first-order chi connectivity index (χ1) is 7.16. The summed E-state index contributed by atoms with van der Waals surface area (Å²) in [5.41, 5.74) is 0.278. The number of rotatable bonds is 3. The van der Waals surface area contributed by atoms with Crippen LogP contribution in [0.2, 0.25) is 5.02 Å². The molecule has 0 aliphatic heterocycles. The highest BCUT2D eigenvalue weighted by Gasteiger charge is 2.44. The maximum absolute atomic E-state index is 11.3. The molecule has 0 saturated heterocycles. The monoisotopic (exact) mass is 302 g/mol. The van der Waals surface area contributed by atoms with Crippen LogP contribution in [0, 0.1) is 0 Å². The normalized spacial score (nSPS) is 14.8. The van der Waals surface area contributed by atoms with Crippen molar-refractivity contribution in [2.45, 2.75) is 9.77 Å². The van der Waals surface area contributed by atoms with E-state index in [4.69, 9.17) is 34.8 Å². The number of alkyl halides is 2. The summed E-state index contributed by atoms with van der Waals surface area (Å²) in [6, 6.07) is 5.92. The molecule has 0 heterocycles. The van der Waals surface area contributed by atoms with E-state index in [2.05, 4.69) is 0 Å². The molecule has 7 heteroatoms. The van der Waals surface area contributed by atoms with Gasteiger partial charge in [0.1, 0.15) is 6.10 Å². The van der Waals surface area contributed by atoms with Crippen LogP contribution in [0.1, 0.15) is 11.7 Å². The molecule has 0 bridgehead atoms. The molecule has 0 spiro atoms. The SMILES string of the molecule is CS(=O)(=O)C(Cl)(Cl)[C@@H](O)c1ccc(Cl)cc1. The van der Waals surface area contributed by atoms with Gasteiger partial charge < -0.3 is 5.11 Å². The zero-order valence-corrected chi connectivity index (χ0v) is 11.3. The van der Waals surface area contributed by atoms with E-state index in [0.29, 0.717) is 5.02 Å². The van der Waals surface area contributed by atoms with Crippen LogP contribution < -0.4 is 0 Å². The van der Waals surface area contributed by atoms with Crippen LogP contribution >= 0.6 is 34.8 Å². The van der Waals surface area contributed by atoms with E-state index < -0.39 is 19.6 Å². The van der Waals surface area contributed by atoms with E-state index in [0.717, 1.165) is 6.26 Å². The van der Waals surface area contributed by atoms with Gasteiger partial charge in [-0.05, 0) is 17.7 Å². The van der Waals surface area contributed by atoms with Gasteiger partial charge in [-0.1, -0.05) is 46.9 Å². The highest BCUT2D eigenvalue weighted by atomic mass is 35.5. The summed E-state index contributed by atoms with van der Waals surface area (Å²) in [4.78, 5) is 0. The van der Waals surface area contributed by atoms with Gasteiger partial charge in [-0.3, -0.25) is 0 Å². The highest BCUT2D eigenvalue weighted by molar-refractivity contribution is 7.94. The molecule has 0 aliphatic carbocycles. The lowest BCUT2D eigenvalue weighted by Crippen LogP contribution is -2.32. The van der Waals surface area contributed by atoms with Gasteiger partial charge in [0.25, 0.3) is 0 Å². The largest absolute Gasteiger partial charge is 0.384 e. The van der Waals surface area contributed by atoms with Crippen LogP contribution in [-0.2, 0) is 9.84 Å². The second-order valence-corrected chi connectivity index (χ2v) is 7.75. The predicted molar refractivity (Wildman–Crippen MR) is 65.7 cm³/mol. The van der Waals surface area contributed by atoms with Crippen molar-refractivity contribution in [3.05, 3.63) is 34.9 Å². The smallest absolute Gasteiger partial charge is 0.247 e. The Bertz CT molecular complexity index is 467. The first kappa shape index (κ1) is 14.1. The minimum atomic E-state index is -3.81. The number of aliphatic hydroxyl groups is 1. The van der Waals surface area contributed by atoms with Crippen LogP contribution in [0.25, 0.3) is 0 Å². The van der Waals surface area contributed by atoms with Gasteiger partial charge >= 0.3 is 0 Å². The van der Waals surface area contributed by atoms with Crippen molar-refractivity contribution in [2.75, 3.05) is 6.26 Å². The quantitative estimate of drug-likeness (QED) is 0.873. The van der Waals surface area contributed by atoms with Gasteiger partial charge in [-0.2, -0.15) is 0 Å². The summed E-state index contributed by atoms with van der Waals surface area (Å²) < 4.78 is 20.3. The molecule has 90 valence electrons. The molecule has 0 amide bonds. The Kier molecular flexibility index (Phi) is 4.13. The maximum atomic E-state index is 11.3. The number of benzene rings is 1. The number of hydrogen-bond donors (Lipinski definition) is 1. The molecule has 0 aromatic heterocycles.